The Morgan fingerprint density at radius 3 is 2.72 bits per heavy atom. The number of benzene rings is 2. The fourth-order valence-electron chi connectivity index (χ4n) is 5.87. The summed E-state index contributed by atoms with van der Waals surface area (Å²) in [5.41, 5.74) is 10.4. The van der Waals surface area contributed by atoms with Gasteiger partial charge in [-0.3, -0.25) is 19.1 Å². The second-order valence-electron chi connectivity index (χ2n) is 10.5. The molecule has 10 heteroatoms. The molecule has 200 valence electrons. The topological polar surface area (TPSA) is 106 Å². The Hall–Kier alpha value is -3.73. The lowest BCUT2D eigenvalue weighted by atomic mass is 10.00. The van der Waals surface area contributed by atoms with Crippen LogP contribution in [0.4, 0.5) is 17.2 Å². The zero-order chi connectivity index (χ0) is 26.5. The zero-order valence-corrected chi connectivity index (χ0v) is 22.3. The standard InChI is InChI=1S/C29H30N6O3S/c30-26-29(37)35(21-9-8-18-5-4-11-34(23(18)13-21)20-6-2-1-3-7-20)24-14-25(39-28(24)32-26)27(36)31-19-10-12-33(15-19)22-16-38-17-22/h1-3,6-9,13-14,19,22H,4-5,10-12,15-17H2,(H2,30,32)(H,31,36)/t19-/m1/s1. The lowest BCUT2D eigenvalue weighted by molar-refractivity contribution is -0.0574. The van der Waals surface area contributed by atoms with Gasteiger partial charge in [-0.25, -0.2) is 4.98 Å². The van der Waals surface area contributed by atoms with Crippen LogP contribution < -0.4 is 21.5 Å². The Morgan fingerprint density at radius 1 is 1.08 bits per heavy atom. The molecular formula is C29H30N6O3S. The lowest BCUT2D eigenvalue weighted by Gasteiger charge is -2.34. The highest BCUT2D eigenvalue weighted by atomic mass is 32.1. The maximum absolute atomic E-state index is 13.3. The van der Waals surface area contributed by atoms with Crippen molar-refractivity contribution in [2.24, 2.45) is 0 Å². The number of nitrogens with zero attached hydrogens (tertiary/aromatic N) is 4. The molecular weight excluding hydrogens is 512 g/mol. The van der Waals surface area contributed by atoms with Crippen molar-refractivity contribution in [1.82, 2.24) is 19.8 Å². The molecule has 2 fully saturated rings. The van der Waals surface area contributed by atoms with Crippen LogP contribution in [-0.2, 0) is 11.2 Å². The molecule has 9 nitrogen and oxygen atoms in total. The second kappa shape index (κ2) is 9.78. The van der Waals surface area contributed by atoms with E-state index in [0.717, 1.165) is 63.5 Å². The third kappa shape index (κ3) is 4.38. The van der Waals surface area contributed by atoms with Crippen LogP contribution in [-0.4, -0.2) is 65.3 Å². The molecule has 2 saturated heterocycles. The first kappa shape index (κ1) is 24.3. The third-order valence-corrected chi connectivity index (χ3v) is 9.02. The average molecular weight is 543 g/mol. The average Bonchev–Trinajstić information content (AvgIpc) is 3.55. The molecule has 2 aromatic heterocycles. The highest BCUT2D eigenvalue weighted by molar-refractivity contribution is 7.20. The normalized spacial score (nSPS) is 19.7. The number of likely N-dealkylation sites (tertiary alicyclic amines) is 1. The van der Waals surface area contributed by atoms with E-state index in [1.54, 1.807) is 10.6 Å². The first-order chi connectivity index (χ1) is 19.0. The third-order valence-electron chi connectivity index (χ3n) is 8.01. The number of amides is 1. The van der Waals surface area contributed by atoms with Crippen LogP contribution in [0.15, 0.2) is 59.4 Å². The van der Waals surface area contributed by atoms with E-state index in [1.807, 2.05) is 24.3 Å². The Morgan fingerprint density at radius 2 is 1.92 bits per heavy atom. The van der Waals surface area contributed by atoms with Crippen molar-refractivity contribution in [1.29, 1.82) is 0 Å². The summed E-state index contributed by atoms with van der Waals surface area (Å²) in [4.78, 5) is 36.7. The largest absolute Gasteiger partial charge is 0.379 e. The number of nitrogen functional groups attached to an aromatic ring is 1. The van der Waals surface area contributed by atoms with Gasteiger partial charge in [0.25, 0.3) is 11.5 Å². The fourth-order valence-corrected chi connectivity index (χ4v) is 6.80. The Balaban J connectivity index is 1.22. The summed E-state index contributed by atoms with van der Waals surface area (Å²) in [5, 5.41) is 3.18. The van der Waals surface area contributed by atoms with Crippen molar-refractivity contribution >= 4 is 44.8 Å². The van der Waals surface area contributed by atoms with Crippen molar-refractivity contribution in [3.63, 3.8) is 0 Å². The number of fused-ring (bicyclic) bond motifs is 2. The zero-order valence-electron chi connectivity index (χ0n) is 21.5. The van der Waals surface area contributed by atoms with Crippen molar-refractivity contribution in [3.05, 3.63) is 75.4 Å². The monoisotopic (exact) mass is 542 g/mol. The van der Waals surface area contributed by atoms with E-state index in [4.69, 9.17) is 10.5 Å². The minimum atomic E-state index is -0.386. The van der Waals surface area contributed by atoms with Crippen molar-refractivity contribution in [3.8, 4) is 5.69 Å². The molecule has 4 aromatic rings. The van der Waals surface area contributed by atoms with Gasteiger partial charge in [-0.05, 0) is 55.2 Å². The van der Waals surface area contributed by atoms with Crippen LogP contribution in [0.3, 0.4) is 0 Å². The van der Waals surface area contributed by atoms with E-state index in [-0.39, 0.29) is 23.3 Å². The van der Waals surface area contributed by atoms with Gasteiger partial charge in [-0.1, -0.05) is 24.3 Å². The molecule has 0 spiro atoms. The van der Waals surface area contributed by atoms with Gasteiger partial charge in [0, 0.05) is 37.1 Å². The minimum Gasteiger partial charge on any atom is -0.379 e. The number of ether oxygens (including phenoxy) is 1. The van der Waals surface area contributed by atoms with Crippen LogP contribution in [0.25, 0.3) is 16.0 Å². The van der Waals surface area contributed by atoms with Gasteiger partial charge in [-0.15, -0.1) is 11.3 Å². The SMILES string of the molecule is Nc1nc2sc(C(=O)N[C@@H]3CCN(C4COC4)C3)cc2n(-c2ccc3c(c2)N(c2ccccc2)CCC3)c1=O. The number of rotatable bonds is 5. The molecule has 5 heterocycles. The molecule has 2 aromatic carbocycles. The molecule has 0 unspecified atom stereocenters. The van der Waals surface area contributed by atoms with Gasteiger partial charge in [0.2, 0.25) is 0 Å². The van der Waals surface area contributed by atoms with E-state index < -0.39 is 0 Å². The lowest BCUT2D eigenvalue weighted by Crippen LogP contribution is -2.49. The van der Waals surface area contributed by atoms with Crippen LogP contribution >= 0.6 is 11.3 Å². The summed E-state index contributed by atoms with van der Waals surface area (Å²) in [6.07, 6.45) is 2.96. The first-order valence-electron chi connectivity index (χ1n) is 13.5. The number of aromatic nitrogens is 2. The first-order valence-corrected chi connectivity index (χ1v) is 14.3. The summed E-state index contributed by atoms with van der Waals surface area (Å²) >= 11 is 1.26. The number of carbonyl (C=O) groups excluding carboxylic acids is 1. The molecule has 39 heavy (non-hydrogen) atoms. The molecule has 0 aliphatic carbocycles. The Labute approximate surface area is 229 Å². The number of thiophene rings is 1. The summed E-state index contributed by atoms with van der Waals surface area (Å²) < 4.78 is 6.91. The molecule has 3 aliphatic heterocycles. The van der Waals surface area contributed by atoms with Crippen molar-refractivity contribution < 1.29 is 9.53 Å². The van der Waals surface area contributed by atoms with Crippen LogP contribution in [0.1, 0.15) is 28.1 Å². The predicted octanol–water partition coefficient (Wildman–Crippen LogP) is 3.32. The van der Waals surface area contributed by atoms with Crippen LogP contribution in [0.5, 0.6) is 0 Å². The smallest absolute Gasteiger partial charge is 0.298 e. The number of anilines is 3. The van der Waals surface area contributed by atoms with E-state index >= 15 is 0 Å². The maximum Gasteiger partial charge on any atom is 0.298 e. The number of hydrogen-bond donors (Lipinski definition) is 2. The quantitative estimate of drug-likeness (QED) is 0.399. The van der Waals surface area contributed by atoms with Gasteiger partial charge < -0.3 is 20.7 Å². The van der Waals surface area contributed by atoms with E-state index in [0.29, 0.717) is 27.0 Å². The molecule has 0 saturated carbocycles. The summed E-state index contributed by atoms with van der Waals surface area (Å²) in [6, 6.07) is 18.7. The van der Waals surface area contributed by atoms with Crippen LogP contribution in [0.2, 0.25) is 0 Å². The molecule has 1 atom stereocenters. The van der Waals surface area contributed by atoms with E-state index in [9.17, 15) is 9.59 Å². The highest BCUT2D eigenvalue weighted by Gasteiger charge is 2.33. The number of nitrogens with one attached hydrogen (secondary N) is 1. The Kier molecular flexibility index (Phi) is 6.10. The number of aryl methyl sites for hydroxylation is 1. The van der Waals surface area contributed by atoms with Gasteiger partial charge in [0.05, 0.1) is 35.3 Å². The van der Waals surface area contributed by atoms with Crippen molar-refractivity contribution in [2.75, 3.05) is 43.5 Å². The van der Waals surface area contributed by atoms with Gasteiger partial charge in [0.1, 0.15) is 4.83 Å². The summed E-state index contributed by atoms with van der Waals surface area (Å²) in [6.45, 7) is 4.23. The molecule has 7 rings (SSSR count). The summed E-state index contributed by atoms with van der Waals surface area (Å²) in [5.74, 6) is -0.226. The van der Waals surface area contributed by atoms with E-state index in [1.165, 1.54) is 16.9 Å². The van der Waals surface area contributed by atoms with Crippen LogP contribution in [0, 0.1) is 0 Å². The second-order valence-corrected chi connectivity index (χ2v) is 11.5. The van der Waals surface area contributed by atoms with Gasteiger partial charge >= 0.3 is 0 Å². The molecule has 0 radical (unpaired) electrons. The van der Waals surface area contributed by atoms with E-state index in [2.05, 4.69) is 44.4 Å². The molecule has 1 amide bonds. The molecule has 3 N–H and O–H groups in total. The number of para-hydroxylation sites is 1. The number of hydrogen-bond acceptors (Lipinski definition) is 8. The number of nitrogens with two attached hydrogens (primary N) is 1. The highest BCUT2D eigenvalue weighted by Crippen LogP contribution is 2.36. The van der Waals surface area contributed by atoms with Gasteiger partial charge in [-0.2, -0.15) is 0 Å². The van der Waals surface area contributed by atoms with Gasteiger partial charge in [0.15, 0.2) is 5.82 Å². The van der Waals surface area contributed by atoms with Crippen molar-refractivity contribution in [2.45, 2.75) is 31.3 Å². The minimum absolute atomic E-state index is 0.0805. The number of carbonyl (C=O) groups is 1. The summed E-state index contributed by atoms with van der Waals surface area (Å²) in [7, 11) is 0. The molecule has 3 aliphatic rings. The predicted molar refractivity (Wildman–Crippen MR) is 153 cm³/mol. The maximum atomic E-state index is 13.3. The fraction of sp³-hybridized carbons (Fsp3) is 0.345. The molecule has 0 bridgehead atoms. The Bertz CT molecular complexity index is 1610.